The molecule has 0 saturated heterocycles. The molecule has 0 aliphatic heterocycles. The van der Waals surface area contributed by atoms with Crippen molar-refractivity contribution in [3.8, 4) is 0 Å². The highest BCUT2D eigenvalue weighted by Crippen LogP contribution is 2.33. The van der Waals surface area contributed by atoms with Crippen LogP contribution in [0.4, 0.5) is 0 Å². The van der Waals surface area contributed by atoms with Gasteiger partial charge in [0.05, 0.1) is 0 Å². The zero-order valence-corrected chi connectivity index (χ0v) is 8.11. The van der Waals surface area contributed by atoms with Crippen molar-refractivity contribution in [2.75, 3.05) is 7.05 Å². The minimum atomic E-state index is 0.574. The Morgan fingerprint density at radius 3 is 2.64 bits per heavy atom. The average molecular weight is 155 g/mol. The van der Waals surface area contributed by atoms with E-state index in [9.17, 15) is 0 Å². The summed E-state index contributed by atoms with van der Waals surface area (Å²) in [4.78, 5) is 0. The van der Waals surface area contributed by atoms with E-state index in [1.807, 2.05) is 0 Å². The fourth-order valence-corrected chi connectivity index (χ4v) is 2.11. The predicted octanol–water partition coefficient (Wildman–Crippen LogP) is 2.56. The summed E-state index contributed by atoms with van der Waals surface area (Å²) < 4.78 is 0. The maximum Gasteiger partial charge on any atom is 0.00691 e. The Bertz CT molecular complexity index is 118. The molecule has 0 heterocycles. The summed E-state index contributed by atoms with van der Waals surface area (Å²) in [6.07, 6.45) is 6.97. The molecule has 0 aromatic rings. The number of hydrogen-bond acceptors (Lipinski definition) is 1. The Balaban J connectivity index is 2.47. The van der Waals surface area contributed by atoms with Crippen LogP contribution in [0.1, 0.15) is 46.0 Å². The third kappa shape index (κ3) is 2.82. The van der Waals surface area contributed by atoms with Crippen molar-refractivity contribution in [3.63, 3.8) is 0 Å². The summed E-state index contributed by atoms with van der Waals surface area (Å²) in [5.41, 5.74) is 0.574. The zero-order chi connectivity index (χ0) is 8.32. The predicted molar refractivity (Wildman–Crippen MR) is 49.7 cm³/mol. The summed E-state index contributed by atoms with van der Waals surface area (Å²) in [7, 11) is 2.09. The third-order valence-corrected chi connectivity index (χ3v) is 2.86. The average Bonchev–Trinajstić information content (AvgIpc) is 2.10. The van der Waals surface area contributed by atoms with E-state index in [-0.39, 0.29) is 0 Å². The highest BCUT2D eigenvalue weighted by Gasteiger charge is 2.24. The molecule has 1 atom stereocenters. The van der Waals surface area contributed by atoms with Crippen LogP contribution in [-0.4, -0.2) is 13.1 Å². The van der Waals surface area contributed by atoms with Crippen molar-refractivity contribution >= 4 is 0 Å². The monoisotopic (exact) mass is 155 g/mol. The fourth-order valence-electron chi connectivity index (χ4n) is 2.11. The van der Waals surface area contributed by atoms with E-state index in [4.69, 9.17) is 0 Å². The second-order valence-electron chi connectivity index (χ2n) is 4.60. The van der Waals surface area contributed by atoms with Crippen molar-refractivity contribution in [1.82, 2.24) is 5.32 Å². The fraction of sp³-hybridized carbons (Fsp3) is 1.00. The van der Waals surface area contributed by atoms with Crippen LogP contribution in [0.3, 0.4) is 0 Å². The minimum Gasteiger partial charge on any atom is -0.317 e. The summed E-state index contributed by atoms with van der Waals surface area (Å²) in [5, 5.41) is 3.40. The first-order valence-corrected chi connectivity index (χ1v) is 4.81. The van der Waals surface area contributed by atoms with Gasteiger partial charge in [0.1, 0.15) is 0 Å². The van der Waals surface area contributed by atoms with Gasteiger partial charge in [0.25, 0.3) is 0 Å². The lowest BCUT2D eigenvalue weighted by molar-refractivity contribution is 0.285. The molecular weight excluding hydrogens is 134 g/mol. The lowest BCUT2D eigenvalue weighted by Crippen LogP contribution is -2.29. The molecule has 11 heavy (non-hydrogen) atoms. The number of rotatable bonds is 1. The standard InChI is InChI=1S/C10H21N/c1-10(2)7-5-4-6-9(8-10)11-3/h9,11H,4-8H2,1-3H3. The van der Waals surface area contributed by atoms with E-state index >= 15 is 0 Å². The van der Waals surface area contributed by atoms with E-state index in [0.717, 1.165) is 6.04 Å². The molecule has 1 aliphatic carbocycles. The first-order chi connectivity index (χ1) is 5.14. The van der Waals surface area contributed by atoms with Crippen molar-refractivity contribution in [2.24, 2.45) is 5.41 Å². The second kappa shape index (κ2) is 3.57. The summed E-state index contributed by atoms with van der Waals surface area (Å²) in [6.45, 7) is 4.78. The zero-order valence-electron chi connectivity index (χ0n) is 8.11. The minimum absolute atomic E-state index is 0.574. The maximum atomic E-state index is 3.40. The largest absolute Gasteiger partial charge is 0.317 e. The van der Waals surface area contributed by atoms with Crippen LogP contribution >= 0.6 is 0 Å². The van der Waals surface area contributed by atoms with Crippen LogP contribution in [-0.2, 0) is 0 Å². The molecule has 1 N–H and O–H groups in total. The Morgan fingerprint density at radius 1 is 1.27 bits per heavy atom. The van der Waals surface area contributed by atoms with E-state index in [1.54, 1.807) is 0 Å². The van der Waals surface area contributed by atoms with E-state index in [2.05, 4.69) is 26.2 Å². The Labute approximate surface area is 70.6 Å². The summed E-state index contributed by atoms with van der Waals surface area (Å²) in [5.74, 6) is 0. The topological polar surface area (TPSA) is 12.0 Å². The van der Waals surface area contributed by atoms with Gasteiger partial charge in [-0.05, 0) is 31.7 Å². The van der Waals surface area contributed by atoms with Crippen LogP contribution in [0.2, 0.25) is 0 Å². The molecule has 0 bridgehead atoms. The van der Waals surface area contributed by atoms with Gasteiger partial charge in [0, 0.05) is 6.04 Å². The van der Waals surface area contributed by atoms with Gasteiger partial charge in [-0.3, -0.25) is 0 Å². The molecule has 1 rings (SSSR count). The SMILES string of the molecule is CNC1CCCCC(C)(C)C1. The van der Waals surface area contributed by atoms with Crippen LogP contribution in [0.25, 0.3) is 0 Å². The summed E-state index contributed by atoms with van der Waals surface area (Å²) >= 11 is 0. The highest BCUT2D eigenvalue weighted by molar-refractivity contribution is 4.80. The second-order valence-corrected chi connectivity index (χ2v) is 4.60. The molecule has 1 nitrogen and oxygen atoms in total. The van der Waals surface area contributed by atoms with Gasteiger partial charge in [0.15, 0.2) is 0 Å². The molecule has 0 radical (unpaired) electrons. The molecule has 0 aromatic carbocycles. The lowest BCUT2D eigenvalue weighted by atomic mass is 9.84. The highest BCUT2D eigenvalue weighted by atomic mass is 14.9. The van der Waals surface area contributed by atoms with Gasteiger partial charge in [0.2, 0.25) is 0 Å². The van der Waals surface area contributed by atoms with Gasteiger partial charge >= 0.3 is 0 Å². The van der Waals surface area contributed by atoms with Crippen LogP contribution in [0.15, 0.2) is 0 Å². The maximum absolute atomic E-state index is 3.40. The van der Waals surface area contributed by atoms with E-state index in [1.165, 1.54) is 32.1 Å². The van der Waals surface area contributed by atoms with Gasteiger partial charge in [-0.15, -0.1) is 0 Å². The lowest BCUT2D eigenvalue weighted by Gasteiger charge is -2.26. The smallest absolute Gasteiger partial charge is 0.00691 e. The third-order valence-electron chi connectivity index (χ3n) is 2.86. The van der Waals surface area contributed by atoms with Gasteiger partial charge in [-0.25, -0.2) is 0 Å². The van der Waals surface area contributed by atoms with E-state index < -0.39 is 0 Å². The normalized spacial score (nSPS) is 31.4. The van der Waals surface area contributed by atoms with Gasteiger partial charge < -0.3 is 5.32 Å². The molecule has 1 fully saturated rings. The van der Waals surface area contributed by atoms with Gasteiger partial charge in [-0.1, -0.05) is 26.7 Å². The quantitative estimate of drug-likeness (QED) is 0.574. The summed E-state index contributed by atoms with van der Waals surface area (Å²) in [6, 6.07) is 0.771. The van der Waals surface area contributed by atoms with Crippen LogP contribution in [0.5, 0.6) is 0 Å². The van der Waals surface area contributed by atoms with Crippen molar-refractivity contribution in [3.05, 3.63) is 0 Å². The molecule has 1 unspecified atom stereocenters. The van der Waals surface area contributed by atoms with Crippen LogP contribution < -0.4 is 5.32 Å². The number of nitrogens with one attached hydrogen (secondary N) is 1. The molecule has 0 amide bonds. The Kier molecular flexibility index (Phi) is 2.94. The van der Waals surface area contributed by atoms with Crippen molar-refractivity contribution < 1.29 is 0 Å². The molecule has 1 heteroatoms. The molecule has 0 spiro atoms. The first kappa shape index (κ1) is 9.05. The number of hydrogen-bond donors (Lipinski definition) is 1. The van der Waals surface area contributed by atoms with Gasteiger partial charge in [-0.2, -0.15) is 0 Å². The van der Waals surface area contributed by atoms with E-state index in [0.29, 0.717) is 5.41 Å². The first-order valence-electron chi connectivity index (χ1n) is 4.81. The molecular formula is C10H21N. The molecule has 66 valence electrons. The van der Waals surface area contributed by atoms with Crippen molar-refractivity contribution in [1.29, 1.82) is 0 Å². The molecule has 1 saturated carbocycles. The molecule has 1 aliphatic rings. The Morgan fingerprint density at radius 2 is 2.00 bits per heavy atom. The molecule has 0 aromatic heterocycles. The van der Waals surface area contributed by atoms with Crippen LogP contribution in [0, 0.1) is 5.41 Å². The van der Waals surface area contributed by atoms with Crippen molar-refractivity contribution in [2.45, 2.75) is 52.0 Å². The Hall–Kier alpha value is -0.0400.